The second-order valence-corrected chi connectivity index (χ2v) is 8.00. The van der Waals surface area contributed by atoms with E-state index in [4.69, 9.17) is 0 Å². The molecule has 0 aromatic heterocycles. The van der Waals surface area contributed by atoms with Crippen LogP contribution in [0.2, 0.25) is 0 Å². The fourth-order valence-corrected chi connectivity index (χ4v) is 2.93. The third-order valence-corrected chi connectivity index (χ3v) is 4.09. The van der Waals surface area contributed by atoms with Gasteiger partial charge in [-0.25, -0.2) is 0 Å². The molecule has 140 valence electrons. The normalized spacial score (nSPS) is 13.9. The predicted molar refractivity (Wildman–Crippen MR) is 105 cm³/mol. The monoisotopic (exact) mass is 356 g/mol. The fourth-order valence-electron chi connectivity index (χ4n) is 2.93. The molecule has 0 spiro atoms. The minimum atomic E-state index is -0.260. The van der Waals surface area contributed by atoms with Crippen molar-refractivity contribution in [3.63, 3.8) is 0 Å². The van der Waals surface area contributed by atoms with Gasteiger partial charge in [0.15, 0.2) is 13.1 Å². The van der Waals surface area contributed by atoms with Crippen molar-refractivity contribution in [2.45, 2.75) is 39.3 Å². The highest BCUT2D eigenvalue weighted by Crippen LogP contribution is 2.20. The van der Waals surface area contributed by atoms with Crippen LogP contribution in [0.1, 0.15) is 39.3 Å². The maximum atomic E-state index is 12.3. The summed E-state index contributed by atoms with van der Waals surface area (Å²) in [6.45, 7) is 8.34. The molecule has 5 nitrogen and oxygen atoms in total. The number of nitrogens with one attached hydrogen (secondary N) is 3. The summed E-state index contributed by atoms with van der Waals surface area (Å²) in [6, 6.07) is 14.3. The third kappa shape index (κ3) is 6.15. The summed E-state index contributed by atoms with van der Waals surface area (Å²) in [4.78, 5) is 25.1. The van der Waals surface area contributed by atoms with Crippen LogP contribution in [0.3, 0.4) is 0 Å². The van der Waals surface area contributed by atoms with Crippen molar-refractivity contribution >= 4 is 22.6 Å². The number of carbonyl (C=O) groups excluding carboxylic acids is 2. The van der Waals surface area contributed by atoms with Gasteiger partial charge in [0.2, 0.25) is 0 Å². The molecular formula is C21H30N3O2+. The number of hydrogen-bond donors (Lipinski definition) is 3. The molecule has 26 heavy (non-hydrogen) atoms. The van der Waals surface area contributed by atoms with Crippen LogP contribution < -0.4 is 15.5 Å². The van der Waals surface area contributed by atoms with Crippen molar-refractivity contribution in [3.8, 4) is 0 Å². The quantitative estimate of drug-likeness (QED) is 0.734. The van der Waals surface area contributed by atoms with E-state index in [2.05, 4.69) is 34.9 Å². The number of hydrogen-bond acceptors (Lipinski definition) is 2. The van der Waals surface area contributed by atoms with Crippen molar-refractivity contribution in [1.82, 2.24) is 10.6 Å². The second kappa shape index (κ2) is 8.32. The van der Waals surface area contributed by atoms with Gasteiger partial charge in [0.1, 0.15) is 0 Å². The Labute approximate surface area is 155 Å². The molecule has 0 bridgehead atoms. The summed E-state index contributed by atoms with van der Waals surface area (Å²) in [6.07, 6.45) is 0. The Balaban J connectivity index is 1.88. The first-order valence-corrected chi connectivity index (χ1v) is 9.04. The second-order valence-electron chi connectivity index (χ2n) is 8.00. The summed E-state index contributed by atoms with van der Waals surface area (Å²) in [5.41, 5.74) is 0.810. The van der Waals surface area contributed by atoms with Crippen LogP contribution in [0.5, 0.6) is 0 Å². The van der Waals surface area contributed by atoms with Gasteiger partial charge in [-0.1, -0.05) is 36.4 Å². The van der Waals surface area contributed by atoms with Crippen molar-refractivity contribution in [2.75, 3.05) is 20.1 Å². The Kier molecular flexibility index (Phi) is 6.37. The zero-order valence-electron chi connectivity index (χ0n) is 16.3. The van der Waals surface area contributed by atoms with Crippen LogP contribution >= 0.6 is 0 Å². The molecule has 5 heteroatoms. The SMILES string of the molecule is C[C@@H](NC(=O)C[NH+](C)CC(=O)NC(C)(C)C)c1ccc2ccccc2c1. The van der Waals surface area contributed by atoms with E-state index in [0.29, 0.717) is 0 Å². The van der Waals surface area contributed by atoms with Gasteiger partial charge < -0.3 is 15.5 Å². The van der Waals surface area contributed by atoms with E-state index >= 15 is 0 Å². The standard InChI is InChI=1S/C21H29N3O2/c1-15(17-11-10-16-8-6-7-9-18(16)12-17)22-19(25)13-24(5)14-20(26)23-21(2,3)4/h6-12,15H,13-14H2,1-5H3,(H,22,25)(H,23,26)/p+1/t15-/m1/s1. The van der Waals surface area contributed by atoms with E-state index in [1.165, 1.54) is 5.39 Å². The van der Waals surface area contributed by atoms with Gasteiger partial charge in [-0.3, -0.25) is 9.59 Å². The number of rotatable bonds is 6. The topological polar surface area (TPSA) is 62.6 Å². The molecule has 2 atom stereocenters. The highest BCUT2D eigenvalue weighted by atomic mass is 16.2. The Bertz CT molecular complexity index is 780. The van der Waals surface area contributed by atoms with Gasteiger partial charge in [0.05, 0.1) is 13.1 Å². The molecule has 1 unspecified atom stereocenters. The molecule has 0 saturated carbocycles. The smallest absolute Gasteiger partial charge is 0.275 e. The summed E-state index contributed by atoms with van der Waals surface area (Å²) >= 11 is 0. The minimum Gasteiger partial charge on any atom is -0.347 e. The number of quaternary nitrogens is 1. The molecule has 2 aromatic rings. The number of likely N-dealkylation sites (N-methyl/N-ethyl adjacent to an activating group) is 1. The number of amides is 2. The molecule has 0 aliphatic rings. The first kappa shape index (κ1) is 19.9. The Morgan fingerprint density at radius 2 is 1.62 bits per heavy atom. The minimum absolute atomic E-state index is 0.0506. The number of benzene rings is 2. The largest absolute Gasteiger partial charge is 0.347 e. The summed E-state index contributed by atoms with van der Waals surface area (Å²) in [5.74, 6) is -0.114. The summed E-state index contributed by atoms with van der Waals surface area (Å²) in [5, 5.41) is 8.28. The average Bonchev–Trinajstić information content (AvgIpc) is 2.51. The van der Waals surface area contributed by atoms with Crippen molar-refractivity contribution in [1.29, 1.82) is 0 Å². The van der Waals surface area contributed by atoms with Gasteiger partial charge in [-0.2, -0.15) is 0 Å². The third-order valence-electron chi connectivity index (χ3n) is 4.09. The lowest BCUT2D eigenvalue weighted by atomic mass is 10.0. The Morgan fingerprint density at radius 1 is 1.00 bits per heavy atom. The van der Waals surface area contributed by atoms with Crippen LogP contribution in [0.15, 0.2) is 42.5 Å². The van der Waals surface area contributed by atoms with E-state index in [9.17, 15) is 9.59 Å². The van der Waals surface area contributed by atoms with Crippen LogP contribution in [0.25, 0.3) is 10.8 Å². The molecule has 2 rings (SSSR count). The van der Waals surface area contributed by atoms with Gasteiger partial charge in [-0.15, -0.1) is 0 Å². The van der Waals surface area contributed by atoms with E-state index in [-0.39, 0.29) is 36.5 Å². The van der Waals surface area contributed by atoms with Gasteiger partial charge in [-0.05, 0) is 50.1 Å². The summed E-state index contributed by atoms with van der Waals surface area (Å²) in [7, 11) is 1.85. The lowest BCUT2D eigenvalue weighted by Crippen LogP contribution is -3.11. The lowest BCUT2D eigenvalue weighted by molar-refractivity contribution is -0.862. The molecule has 2 aromatic carbocycles. The van der Waals surface area contributed by atoms with Gasteiger partial charge in [0, 0.05) is 5.54 Å². The van der Waals surface area contributed by atoms with Gasteiger partial charge in [0.25, 0.3) is 11.8 Å². The lowest BCUT2D eigenvalue weighted by Gasteiger charge is -2.22. The molecule has 0 heterocycles. The van der Waals surface area contributed by atoms with E-state index in [0.717, 1.165) is 15.8 Å². The van der Waals surface area contributed by atoms with E-state index in [1.54, 1.807) is 0 Å². The molecule has 3 N–H and O–H groups in total. The highest BCUT2D eigenvalue weighted by molar-refractivity contribution is 5.83. The van der Waals surface area contributed by atoms with E-state index < -0.39 is 0 Å². The molecule has 0 fully saturated rings. The number of fused-ring (bicyclic) bond motifs is 1. The Morgan fingerprint density at radius 3 is 2.27 bits per heavy atom. The van der Waals surface area contributed by atoms with Crippen molar-refractivity contribution in [2.24, 2.45) is 0 Å². The zero-order valence-corrected chi connectivity index (χ0v) is 16.3. The van der Waals surface area contributed by atoms with Crippen molar-refractivity contribution in [3.05, 3.63) is 48.0 Å². The molecule has 0 radical (unpaired) electrons. The molecule has 0 saturated heterocycles. The van der Waals surface area contributed by atoms with Crippen LogP contribution in [0, 0.1) is 0 Å². The van der Waals surface area contributed by atoms with Crippen molar-refractivity contribution < 1.29 is 14.5 Å². The van der Waals surface area contributed by atoms with E-state index in [1.807, 2.05) is 52.9 Å². The maximum absolute atomic E-state index is 12.3. The van der Waals surface area contributed by atoms with Crippen LogP contribution in [-0.4, -0.2) is 37.5 Å². The first-order chi connectivity index (χ1) is 12.1. The molecule has 2 amide bonds. The molecular weight excluding hydrogens is 326 g/mol. The number of carbonyl (C=O) groups is 2. The average molecular weight is 356 g/mol. The maximum Gasteiger partial charge on any atom is 0.275 e. The zero-order chi connectivity index (χ0) is 19.3. The fraction of sp³-hybridized carbons (Fsp3) is 0.429. The predicted octanol–water partition coefficient (Wildman–Crippen LogP) is 1.45. The Hall–Kier alpha value is -2.40. The molecule has 0 aliphatic carbocycles. The first-order valence-electron chi connectivity index (χ1n) is 9.04. The molecule has 0 aliphatic heterocycles. The van der Waals surface area contributed by atoms with Crippen LogP contribution in [0.4, 0.5) is 0 Å². The highest BCUT2D eigenvalue weighted by Gasteiger charge is 2.19. The van der Waals surface area contributed by atoms with Crippen LogP contribution in [-0.2, 0) is 9.59 Å². The summed E-state index contributed by atoms with van der Waals surface area (Å²) < 4.78 is 0. The van der Waals surface area contributed by atoms with Gasteiger partial charge >= 0.3 is 0 Å².